The summed E-state index contributed by atoms with van der Waals surface area (Å²) in [5, 5.41) is 12.5. The molecule has 1 saturated carbocycles. The third-order valence-corrected chi connectivity index (χ3v) is 6.39. The number of nitriles is 1. The van der Waals surface area contributed by atoms with Crippen LogP contribution in [-0.2, 0) is 0 Å². The summed E-state index contributed by atoms with van der Waals surface area (Å²) in [6, 6.07) is 13.4. The zero-order valence-corrected chi connectivity index (χ0v) is 13.9. The standard InChI is InChI=1S/C20H27N3/c21-9-8-20(14-22-15-20)23-10-6-16(7-11-23)12-18-13-19(18)17-4-2-1-3-5-17/h1-5,16,18-19,22H,6-8,10-15H2/t18-,19+/m0/s1. The molecule has 2 aliphatic heterocycles. The molecule has 23 heavy (non-hydrogen) atoms. The zero-order valence-electron chi connectivity index (χ0n) is 13.9. The molecule has 0 unspecified atom stereocenters. The number of benzene rings is 1. The van der Waals surface area contributed by atoms with Gasteiger partial charge in [0.25, 0.3) is 0 Å². The first-order valence-corrected chi connectivity index (χ1v) is 9.18. The molecule has 1 N–H and O–H groups in total. The Kier molecular flexibility index (Phi) is 4.13. The zero-order chi connectivity index (χ0) is 15.7. The van der Waals surface area contributed by atoms with Crippen LogP contribution in [0.1, 0.15) is 43.6 Å². The lowest BCUT2D eigenvalue weighted by atomic mass is 9.82. The van der Waals surface area contributed by atoms with E-state index in [0.717, 1.165) is 30.8 Å². The number of hydrogen-bond donors (Lipinski definition) is 1. The van der Waals surface area contributed by atoms with Gasteiger partial charge < -0.3 is 5.32 Å². The third-order valence-electron chi connectivity index (χ3n) is 6.39. The summed E-state index contributed by atoms with van der Waals surface area (Å²) in [7, 11) is 0. The molecule has 1 aromatic rings. The molecule has 0 amide bonds. The first kappa shape index (κ1) is 15.2. The minimum absolute atomic E-state index is 0.159. The Labute approximate surface area is 139 Å². The van der Waals surface area contributed by atoms with E-state index in [4.69, 9.17) is 5.26 Å². The lowest BCUT2D eigenvalue weighted by Gasteiger charge is -2.52. The molecule has 3 nitrogen and oxygen atoms in total. The van der Waals surface area contributed by atoms with Crippen LogP contribution in [0.2, 0.25) is 0 Å². The van der Waals surface area contributed by atoms with Gasteiger partial charge in [-0.2, -0.15) is 5.26 Å². The molecule has 4 rings (SSSR count). The highest BCUT2D eigenvalue weighted by molar-refractivity contribution is 5.25. The van der Waals surface area contributed by atoms with Crippen molar-refractivity contribution in [2.75, 3.05) is 26.2 Å². The maximum Gasteiger partial charge on any atom is 0.0642 e. The second-order valence-electron chi connectivity index (χ2n) is 7.84. The van der Waals surface area contributed by atoms with Gasteiger partial charge >= 0.3 is 0 Å². The van der Waals surface area contributed by atoms with Crippen molar-refractivity contribution in [3.63, 3.8) is 0 Å². The van der Waals surface area contributed by atoms with Gasteiger partial charge in [0.15, 0.2) is 0 Å². The number of hydrogen-bond acceptors (Lipinski definition) is 3. The Hall–Kier alpha value is -1.37. The Morgan fingerprint density at radius 1 is 1.17 bits per heavy atom. The quantitative estimate of drug-likeness (QED) is 0.908. The van der Waals surface area contributed by atoms with Crippen molar-refractivity contribution >= 4 is 0 Å². The van der Waals surface area contributed by atoms with Crippen LogP contribution in [-0.4, -0.2) is 36.6 Å². The lowest BCUT2D eigenvalue weighted by Crippen LogP contribution is -2.69. The van der Waals surface area contributed by atoms with Crippen LogP contribution in [0.5, 0.6) is 0 Å². The second-order valence-corrected chi connectivity index (χ2v) is 7.84. The fourth-order valence-corrected chi connectivity index (χ4v) is 4.71. The molecule has 0 bridgehead atoms. The monoisotopic (exact) mass is 309 g/mol. The maximum atomic E-state index is 9.11. The maximum absolute atomic E-state index is 9.11. The Morgan fingerprint density at radius 2 is 1.91 bits per heavy atom. The number of nitrogens with zero attached hydrogens (tertiary/aromatic N) is 2. The van der Waals surface area contributed by atoms with Gasteiger partial charge in [-0.25, -0.2) is 0 Å². The van der Waals surface area contributed by atoms with Crippen LogP contribution >= 0.6 is 0 Å². The minimum Gasteiger partial charge on any atom is -0.313 e. The molecule has 3 fully saturated rings. The molecule has 3 aliphatic rings. The summed E-state index contributed by atoms with van der Waals surface area (Å²) in [5.41, 5.74) is 1.70. The van der Waals surface area contributed by atoms with Crippen molar-refractivity contribution < 1.29 is 0 Å². The Bertz CT molecular complexity index is 564. The molecule has 0 aromatic heterocycles. The summed E-state index contributed by atoms with van der Waals surface area (Å²) in [4.78, 5) is 2.60. The number of piperidine rings is 1. The summed E-state index contributed by atoms with van der Waals surface area (Å²) in [6.45, 7) is 4.39. The minimum atomic E-state index is 0.159. The van der Waals surface area contributed by atoms with Crippen LogP contribution in [0.4, 0.5) is 0 Å². The Morgan fingerprint density at radius 3 is 2.52 bits per heavy atom. The molecule has 0 spiro atoms. The topological polar surface area (TPSA) is 39.1 Å². The van der Waals surface area contributed by atoms with Crippen molar-refractivity contribution in [3.8, 4) is 6.07 Å². The highest BCUT2D eigenvalue weighted by Gasteiger charge is 2.45. The highest BCUT2D eigenvalue weighted by Crippen LogP contribution is 2.51. The van der Waals surface area contributed by atoms with Gasteiger partial charge in [-0.15, -0.1) is 0 Å². The number of nitrogens with one attached hydrogen (secondary N) is 1. The molecular weight excluding hydrogens is 282 g/mol. The molecule has 3 heteroatoms. The van der Waals surface area contributed by atoms with E-state index in [9.17, 15) is 0 Å². The largest absolute Gasteiger partial charge is 0.313 e. The van der Waals surface area contributed by atoms with E-state index in [1.54, 1.807) is 5.56 Å². The van der Waals surface area contributed by atoms with Crippen LogP contribution in [0, 0.1) is 23.2 Å². The van der Waals surface area contributed by atoms with E-state index in [2.05, 4.69) is 46.6 Å². The fourth-order valence-electron chi connectivity index (χ4n) is 4.71. The van der Waals surface area contributed by atoms with Crippen molar-refractivity contribution in [1.29, 1.82) is 5.26 Å². The Balaban J connectivity index is 1.26. The first-order chi connectivity index (χ1) is 11.3. The van der Waals surface area contributed by atoms with E-state index in [0.29, 0.717) is 6.42 Å². The van der Waals surface area contributed by atoms with Gasteiger partial charge in [0, 0.05) is 13.1 Å². The predicted octanol–water partition coefficient (Wildman–Crippen LogP) is 3.15. The summed E-state index contributed by atoms with van der Waals surface area (Å²) in [6.07, 6.45) is 6.14. The van der Waals surface area contributed by atoms with Gasteiger partial charge in [0.05, 0.1) is 18.0 Å². The van der Waals surface area contributed by atoms with E-state index in [1.807, 2.05) is 0 Å². The second kappa shape index (κ2) is 6.26. The lowest BCUT2D eigenvalue weighted by molar-refractivity contribution is 0.0114. The van der Waals surface area contributed by atoms with Gasteiger partial charge in [-0.1, -0.05) is 30.3 Å². The van der Waals surface area contributed by atoms with E-state index >= 15 is 0 Å². The number of likely N-dealkylation sites (tertiary alicyclic amines) is 1. The highest BCUT2D eigenvalue weighted by atomic mass is 15.3. The van der Waals surface area contributed by atoms with Gasteiger partial charge in [-0.3, -0.25) is 4.90 Å². The van der Waals surface area contributed by atoms with Crippen LogP contribution in [0.3, 0.4) is 0 Å². The smallest absolute Gasteiger partial charge is 0.0642 e. The molecular formula is C20H27N3. The summed E-state index contributed by atoms with van der Waals surface area (Å²) in [5.74, 6) is 2.65. The fraction of sp³-hybridized carbons (Fsp3) is 0.650. The molecule has 1 aromatic carbocycles. The molecule has 122 valence electrons. The first-order valence-electron chi connectivity index (χ1n) is 9.18. The van der Waals surface area contributed by atoms with Crippen molar-refractivity contribution in [2.24, 2.45) is 11.8 Å². The molecule has 1 aliphatic carbocycles. The van der Waals surface area contributed by atoms with Gasteiger partial charge in [0.1, 0.15) is 0 Å². The normalized spacial score (nSPS) is 30.4. The van der Waals surface area contributed by atoms with Crippen LogP contribution in [0.15, 0.2) is 30.3 Å². The van der Waals surface area contributed by atoms with Crippen molar-refractivity contribution in [3.05, 3.63) is 35.9 Å². The SMILES string of the molecule is N#CCC1(N2CCC(C[C@H]3C[C@@H]3c3ccccc3)CC2)CNC1. The predicted molar refractivity (Wildman–Crippen MR) is 92.0 cm³/mol. The van der Waals surface area contributed by atoms with E-state index in [-0.39, 0.29) is 5.54 Å². The average molecular weight is 309 g/mol. The molecule has 2 heterocycles. The summed E-state index contributed by atoms with van der Waals surface area (Å²) >= 11 is 0. The average Bonchev–Trinajstić information content (AvgIpc) is 3.32. The van der Waals surface area contributed by atoms with Gasteiger partial charge in [-0.05, 0) is 62.1 Å². The van der Waals surface area contributed by atoms with Gasteiger partial charge in [0.2, 0.25) is 0 Å². The molecule has 0 radical (unpaired) electrons. The number of rotatable bonds is 5. The van der Waals surface area contributed by atoms with E-state index < -0.39 is 0 Å². The van der Waals surface area contributed by atoms with Crippen molar-refractivity contribution in [1.82, 2.24) is 10.2 Å². The third kappa shape index (κ3) is 3.03. The summed E-state index contributed by atoms with van der Waals surface area (Å²) < 4.78 is 0. The molecule has 2 saturated heterocycles. The molecule has 2 atom stereocenters. The van der Waals surface area contributed by atoms with Crippen LogP contribution < -0.4 is 5.32 Å². The van der Waals surface area contributed by atoms with Crippen LogP contribution in [0.25, 0.3) is 0 Å². The van der Waals surface area contributed by atoms with E-state index in [1.165, 1.54) is 38.8 Å². The van der Waals surface area contributed by atoms with Crippen molar-refractivity contribution in [2.45, 2.75) is 43.6 Å².